The van der Waals surface area contributed by atoms with Gasteiger partial charge in [0.05, 0.1) is 0 Å². The van der Waals surface area contributed by atoms with Gasteiger partial charge in [-0.05, 0) is 83.5 Å². The summed E-state index contributed by atoms with van der Waals surface area (Å²) in [5, 5.41) is 0. The Morgan fingerprint density at radius 2 is 0.542 bits per heavy atom. The number of esters is 3. The molecule has 0 spiro atoms. The van der Waals surface area contributed by atoms with Crippen LogP contribution in [-0.4, -0.2) is 37.2 Å². The summed E-state index contributed by atoms with van der Waals surface area (Å²) in [6.07, 6.45) is 76.9. The van der Waals surface area contributed by atoms with Crippen molar-refractivity contribution < 1.29 is 28.6 Å². The second-order valence-electron chi connectivity index (χ2n) is 20.9. The molecule has 0 saturated carbocycles. The number of carbonyl (C=O) groups excluding carboxylic acids is 3. The largest absolute Gasteiger partial charge is 0.462 e. The highest BCUT2D eigenvalue weighted by atomic mass is 16.6. The highest BCUT2D eigenvalue weighted by Gasteiger charge is 2.19. The predicted octanol–water partition coefficient (Wildman–Crippen LogP) is 21.2. The van der Waals surface area contributed by atoms with E-state index >= 15 is 0 Å². The fourth-order valence-corrected chi connectivity index (χ4v) is 9.08. The zero-order valence-electron chi connectivity index (χ0n) is 47.9. The van der Waals surface area contributed by atoms with Gasteiger partial charge in [-0.3, -0.25) is 14.4 Å². The lowest BCUT2D eigenvalue weighted by Gasteiger charge is -2.18. The molecular weight excluding hydrogens is 889 g/mol. The molecule has 0 aliphatic rings. The van der Waals surface area contributed by atoms with Gasteiger partial charge in [-0.2, -0.15) is 0 Å². The van der Waals surface area contributed by atoms with Gasteiger partial charge in [0, 0.05) is 19.3 Å². The molecule has 0 fully saturated rings. The molecule has 0 N–H and O–H groups in total. The second-order valence-corrected chi connectivity index (χ2v) is 20.9. The van der Waals surface area contributed by atoms with E-state index in [1.807, 2.05) is 0 Å². The predicted molar refractivity (Wildman–Crippen MR) is 312 cm³/mol. The van der Waals surface area contributed by atoms with Crippen LogP contribution >= 0.6 is 0 Å². The third kappa shape index (κ3) is 58.0. The minimum absolute atomic E-state index is 0.0749. The number of hydrogen-bond donors (Lipinski definition) is 0. The van der Waals surface area contributed by atoms with Gasteiger partial charge < -0.3 is 14.2 Å². The number of unbranched alkanes of at least 4 members (excludes halogenated alkanes) is 36. The van der Waals surface area contributed by atoms with Crippen LogP contribution in [0.1, 0.15) is 323 Å². The summed E-state index contributed by atoms with van der Waals surface area (Å²) >= 11 is 0. The maximum atomic E-state index is 12.8. The summed E-state index contributed by atoms with van der Waals surface area (Å²) < 4.78 is 16.8. The lowest BCUT2D eigenvalue weighted by Crippen LogP contribution is -2.30. The molecule has 418 valence electrons. The van der Waals surface area contributed by atoms with Crippen molar-refractivity contribution in [3.05, 3.63) is 60.8 Å². The minimum Gasteiger partial charge on any atom is -0.462 e. The number of allylic oxidation sites excluding steroid dienone is 10. The number of carbonyl (C=O) groups is 3. The third-order valence-corrected chi connectivity index (χ3v) is 13.8. The third-order valence-electron chi connectivity index (χ3n) is 13.8. The smallest absolute Gasteiger partial charge is 0.306 e. The van der Waals surface area contributed by atoms with Gasteiger partial charge in [0.15, 0.2) is 6.10 Å². The quantitative estimate of drug-likeness (QED) is 0.0261. The van der Waals surface area contributed by atoms with Gasteiger partial charge in [-0.25, -0.2) is 0 Å². The Morgan fingerprint density at radius 3 is 0.861 bits per heavy atom. The Hall–Kier alpha value is -2.89. The summed E-state index contributed by atoms with van der Waals surface area (Å²) in [6, 6.07) is 0. The Balaban J connectivity index is 4.06. The van der Waals surface area contributed by atoms with Crippen LogP contribution in [0.25, 0.3) is 0 Å². The molecule has 6 nitrogen and oxygen atoms in total. The van der Waals surface area contributed by atoms with Crippen LogP contribution in [0.4, 0.5) is 0 Å². The zero-order chi connectivity index (χ0) is 52.2. The highest BCUT2D eigenvalue weighted by Crippen LogP contribution is 2.17. The van der Waals surface area contributed by atoms with Crippen LogP contribution in [-0.2, 0) is 28.6 Å². The van der Waals surface area contributed by atoms with Crippen molar-refractivity contribution in [1.29, 1.82) is 0 Å². The second kappa shape index (κ2) is 60.7. The van der Waals surface area contributed by atoms with E-state index in [-0.39, 0.29) is 31.1 Å². The number of hydrogen-bond acceptors (Lipinski definition) is 6. The highest BCUT2D eigenvalue weighted by molar-refractivity contribution is 5.71. The van der Waals surface area contributed by atoms with Crippen LogP contribution in [0.2, 0.25) is 0 Å². The Labute approximate surface area is 447 Å². The van der Waals surface area contributed by atoms with Gasteiger partial charge in [-0.1, -0.05) is 281 Å². The fraction of sp³-hybridized carbons (Fsp3) is 0.803. The molecule has 0 aromatic carbocycles. The normalized spacial score (nSPS) is 12.4. The first kappa shape index (κ1) is 69.1. The van der Waals surface area contributed by atoms with Crippen molar-refractivity contribution in [1.82, 2.24) is 0 Å². The summed E-state index contributed by atoms with van der Waals surface area (Å²) in [5.41, 5.74) is 0. The molecule has 0 rings (SSSR count). The molecule has 0 aromatic rings. The van der Waals surface area contributed by atoms with Gasteiger partial charge in [0.2, 0.25) is 0 Å². The summed E-state index contributed by atoms with van der Waals surface area (Å²) in [7, 11) is 0. The number of ether oxygens (including phenoxy) is 3. The zero-order valence-corrected chi connectivity index (χ0v) is 47.9. The van der Waals surface area contributed by atoms with Gasteiger partial charge in [0.25, 0.3) is 0 Å². The van der Waals surface area contributed by atoms with Gasteiger partial charge in [0.1, 0.15) is 13.2 Å². The average Bonchev–Trinajstić information content (AvgIpc) is 3.38. The van der Waals surface area contributed by atoms with Crippen LogP contribution in [0, 0.1) is 0 Å². The molecule has 0 saturated heterocycles. The molecule has 0 aromatic heterocycles. The van der Waals surface area contributed by atoms with E-state index in [2.05, 4.69) is 81.5 Å². The van der Waals surface area contributed by atoms with Gasteiger partial charge in [-0.15, -0.1) is 0 Å². The molecule has 0 aliphatic carbocycles. The maximum absolute atomic E-state index is 12.8. The number of rotatable bonds is 57. The molecule has 6 heteroatoms. The molecular formula is C66H118O6. The van der Waals surface area contributed by atoms with Gasteiger partial charge >= 0.3 is 17.9 Å². The SMILES string of the molecule is CC/C=C\C/C=C\C/C=C\C/C=C\CCCCCCCCCCC(=O)OC(COC(=O)CCCCCCCC)COC(=O)CCCCCCCCCCCCCCCCC/C=C\CCCCCCCCCC. The van der Waals surface area contributed by atoms with Crippen molar-refractivity contribution in [2.24, 2.45) is 0 Å². The van der Waals surface area contributed by atoms with Crippen LogP contribution in [0.15, 0.2) is 60.8 Å². The van der Waals surface area contributed by atoms with E-state index in [9.17, 15) is 14.4 Å². The standard InChI is InChI=1S/C66H118O6/c1-4-7-10-13-16-18-20-22-24-26-28-30-31-32-33-34-35-37-38-40-42-44-46-48-50-53-56-59-65(68)71-62-63(61-70-64(67)58-55-52-15-12-9-6-3)72-66(69)60-57-54-51-49-47-45-43-41-39-36-29-27-25-23-21-19-17-14-11-8-5-2/h8,11,17,19,23,25-26,28-29,36,63H,4-7,9-10,12-16,18,20-22,24,27,30-35,37-62H2,1-3H3/b11-8-,19-17-,25-23-,28-26-,36-29-. The minimum atomic E-state index is -0.775. The summed E-state index contributed by atoms with van der Waals surface area (Å²) in [5.74, 6) is -0.879. The van der Waals surface area contributed by atoms with E-state index in [1.54, 1.807) is 0 Å². The van der Waals surface area contributed by atoms with Crippen LogP contribution < -0.4 is 0 Å². The average molecular weight is 1010 g/mol. The summed E-state index contributed by atoms with van der Waals surface area (Å²) in [4.78, 5) is 38.0. The van der Waals surface area contributed by atoms with E-state index in [1.165, 1.54) is 193 Å². The Morgan fingerprint density at radius 1 is 0.292 bits per heavy atom. The van der Waals surface area contributed by atoms with Crippen molar-refractivity contribution >= 4 is 17.9 Å². The topological polar surface area (TPSA) is 78.9 Å². The first-order chi connectivity index (χ1) is 35.5. The molecule has 0 amide bonds. The molecule has 0 bridgehead atoms. The molecule has 72 heavy (non-hydrogen) atoms. The van der Waals surface area contributed by atoms with Crippen molar-refractivity contribution in [2.75, 3.05) is 13.2 Å². The van der Waals surface area contributed by atoms with Crippen molar-refractivity contribution in [3.8, 4) is 0 Å². The fourth-order valence-electron chi connectivity index (χ4n) is 9.08. The summed E-state index contributed by atoms with van der Waals surface area (Å²) in [6.45, 7) is 6.50. The lowest BCUT2D eigenvalue weighted by atomic mass is 10.0. The monoisotopic (exact) mass is 1010 g/mol. The van der Waals surface area contributed by atoms with Crippen molar-refractivity contribution in [2.45, 2.75) is 329 Å². The first-order valence-electron chi connectivity index (χ1n) is 31.3. The van der Waals surface area contributed by atoms with E-state index < -0.39 is 6.10 Å². The van der Waals surface area contributed by atoms with Crippen molar-refractivity contribution in [3.63, 3.8) is 0 Å². The molecule has 1 unspecified atom stereocenters. The Kier molecular flexibility index (Phi) is 58.2. The molecule has 0 heterocycles. The molecule has 0 aliphatic heterocycles. The maximum Gasteiger partial charge on any atom is 0.306 e. The lowest BCUT2D eigenvalue weighted by molar-refractivity contribution is -0.167. The van der Waals surface area contributed by atoms with Crippen LogP contribution in [0.5, 0.6) is 0 Å². The van der Waals surface area contributed by atoms with Crippen LogP contribution in [0.3, 0.4) is 0 Å². The molecule has 0 radical (unpaired) electrons. The van der Waals surface area contributed by atoms with E-state index in [0.29, 0.717) is 19.3 Å². The Bertz CT molecular complexity index is 1290. The van der Waals surface area contributed by atoms with E-state index in [4.69, 9.17) is 14.2 Å². The first-order valence-corrected chi connectivity index (χ1v) is 31.3. The van der Waals surface area contributed by atoms with E-state index in [0.717, 1.165) is 89.9 Å². The molecule has 1 atom stereocenters.